The van der Waals surface area contributed by atoms with Gasteiger partial charge < -0.3 is 14.8 Å². The van der Waals surface area contributed by atoms with Crippen molar-refractivity contribution in [3.63, 3.8) is 0 Å². The summed E-state index contributed by atoms with van der Waals surface area (Å²) in [7, 11) is 0. The molecule has 8 heteroatoms. The van der Waals surface area contributed by atoms with Crippen LogP contribution in [0.4, 0.5) is 23.2 Å². The van der Waals surface area contributed by atoms with Gasteiger partial charge in [0.05, 0.1) is 23.8 Å². The van der Waals surface area contributed by atoms with Crippen LogP contribution in [0.2, 0.25) is 0 Å². The maximum absolute atomic E-state index is 13.9. The van der Waals surface area contributed by atoms with Crippen LogP contribution in [0.1, 0.15) is 67.9 Å². The lowest BCUT2D eigenvalue weighted by molar-refractivity contribution is -0.157. The molecule has 0 saturated carbocycles. The van der Waals surface area contributed by atoms with Gasteiger partial charge in [-0.1, -0.05) is 25.5 Å². The Balaban J connectivity index is 1.61. The number of fused-ring (bicyclic) bond motifs is 3. The molecule has 2 aromatic rings. The Morgan fingerprint density at radius 2 is 2.00 bits per heavy atom. The third kappa shape index (κ3) is 5.32. The van der Waals surface area contributed by atoms with E-state index in [0.717, 1.165) is 25.0 Å². The molecular formula is C25H27F4NO3. The van der Waals surface area contributed by atoms with Gasteiger partial charge in [-0.3, -0.25) is 4.79 Å². The first-order valence-electron chi connectivity index (χ1n) is 11.3. The zero-order chi connectivity index (χ0) is 23.6. The molecule has 0 bridgehead atoms. The molecule has 0 radical (unpaired) electrons. The Hall–Kier alpha value is -2.61. The maximum Gasteiger partial charge on any atom is 0.416 e. The lowest BCUT2D eigenvalue weighted by Gasteiger charge is -2.45. The van der Waals surface area contributed by atoms with Crippen molar-refractivity contribution in [2.75, 3.05) is 11.9 Å². The fourth-order valence-electron chi connectivity index (χ4n) is 4.66. The van der Waals surface area contributed by atoms with E-state index in [2.05, 4.69) is 5.32 Å². The molecule has 4 nitrogen and oxygen atoms in total. The molecule has 178 valence electrons. The molecule has 2 heterocycles. The minimum absolute atomic E-state index is 0.0676. The summed E-state index contributed by atoms with van der Waals surface area (Å²) in [5.74, 6) is -0.877. The van der Waals surface area contributed by atoms with E-state index in [9.17, 15) is 22.4 Å². The number of hydrogen-bond acceptors (Lipinski definition) is 4. The summed E-state index contributed by atoms with van der Waals surface area (Å²) >= 11 is 0. The molecule has 2 aliphatic rings. The van der Waals surface area contributed by atoms with E-state index in [1.807, 2.05) is 6.92 Å². The first-order chi connectivity index (χ1) is 15.8. The van der Waals surface area contributed by atoms with E-state index in [4.69, 9.17) is 9.47 Å². The lowest BCUT2D eigenvalue weighted by atomic mass is 9.76. The average molecular weight is 465 g/mol. The number of ether oxygens (including phenoxy) is 2. The van der Waals surface area contributed by atoms with Crippen LogP contribution in [0.15, 0.2) is 42.5 Å². The SMILES string of the molecule is CCCCC(=O)OC[C@@H]1CC[C@@H]2[C@@H](c3cccc(F)c3)Nc3ccc(C(F)(F)F)cc3[C@@H]2O1. The Morgan fingerprint density at radius 3 is 2.73 bits per heavy atom. The molecule has 4 atom stereocenters. The van der Waals surface area contributed by atoms with Crippen LogP contribution < -0.4 is 5.32 Å². The minimum atomic E-state index is -4.48. The molecule has 0 aliphatic carbocycles. The first-order valence-corrected chi connectivity index (χ1v) is 11.3. The van der Waals surface area contributed by atoms with E-state index in [-0.39, 0.29) is 30.4 Å². The van der Waals surface area contributed by atoms with Crippen molar-refractivity contribution < 1.29 is 31.8 Å². The Bertz CT molecular complexity index is 994. The number of nitrogens with one attached hydrogen (secondary N) is 1. The maximum atomic E-state index is 13.9. The van der Waals surface area contributed by atoms with E-state index in [1.54, 1.807) is 12.1 Å². The molecule has 2 aliphatic heterocycles. The first kappa shape index (κ1) is 23.5. The number of anilines is 1. The molecule has 0 amide bonds. The second kappa shape index (κ2) is 9.71. The smallest absolute Gasteiger partial charge is 0.416 e. The normalized spacial score (nSPS) is 24.4. The standard InChI is InChI=1S/C25H27F4NO3/c1-2-3-7-22(31)32-14-18-9-10-19-23(15-5-4-6-17(26)12-15)30-21-11-8-16(25(27,28)29)13-20(21)24(19)33-18/h4-6,8,11-13,18-19,23-24,30H,2-3,7,9-10,14H2,1H3/t18-,19+,23+,24+/m0/s1. The number of carbonyl (C=O) groups excluding carboxylic acids is 1. The Labute approximate surface area is 190 Å². The zero-order valence-corrected chi connectivity index (χ0v) is 18.3. The number of carbonyl (C=O) groups is 1. The van der Waals surface area contributed by atoms with Crippen LogP contribution in [0.5, 0.6) is 0 Å². The number of alkyl halides is 3. The van der Waals surface area contributed by atoms with Gasteiger partial charge in [0.1, 0.15) is 12.4 Å². The van der Waals surface area contributed by atoms with Crippen LogP contribution >= 0.6 is 0 Å². The highest BCUT2D eigenvalue weighted by molar-refractivity contribution is 5.69. The molecular weight excluding hydrogens is 438 g/mol. The molecule has 2 aromatic carbocycles. The van der Waals surface area contributed by atoms with Crippen LogP contribution in [-0.4, -0.2) is 18.7 Å². The molecule has 33 heavy (non-hydrogen) atoms. The number of rotatable bonds is 6. The number of benzene rings is 2. The molecule has 0 aromatic heterocycles. The largest absolute Gasteiger partial charge is 0.463 e. The van der Waals surface area contributed by atoms with Crippen molar-refractivity contribution in [3.05, 3.63) is 65.0 Å². The molecule has 0 spiro atoms. The number of esters is 1. The summed E-state index contributed by atoms with van der Waals surface area (Å²) in [5.41, 5.74) is 0.912. The van der Waals surface area contributed by atoms with Gasteiger partial charge in [-0.05, 0) is 55.2 Å². The van der Waals surface area contributed by atoms with E-state index in [1.165, 1.54) is 18.2 Å². The highest BCUT2D eigenvalue weighted by atomic mass is 19.4. The summed E-state index contributed by atoms with van der Waals surface area (Å²) in [5, 5.41) is 3.31. The van der Waals surface area contributed by atoms with Crippen molar-refractivity contribution in [2.24, 2.45) is 5.92 Å². The summed E-state index contributed by atoms with van der Waals surface area (Å²) in [6, 6.07) is 9.45. The summed E-state index contributed by atoms with van der Waals surface area (Å²) < 4.78 is 65.7. The average Bonchev–Trinajstić information content (AvgIpc) is 2.79. The second-order valence-corrected chi connectivity index (χ2v) is 8.68. The number of unbranched alkanes of at least 4 members (excludes halogenated alkanes) is 1. The Morgan fingerprint density at radius 1 is 1.18 bits per heavy atom. The quantitative estimate of drug-likeness (QED) is 0.387. The molecule has 1 fully saturated rings. The van der Waals surface area contributed by atoms with Gasteiger partial charge in [-0.15, -0.1) is 0 Å². The summed E-state index contributed by atoms with van der Waals surface area (Å²) in [6.07, 6.45) is -2.36. The van der Waals surface area contributed by atoms with Crippen LogP contribution in [0.25, 0.3) is 0 Å². The second-order valence-electron chi connectivity index (χ2n) is 8.68. The van der Waals surface area contributed by atoms with Gasteiger partial charge in [0, 0.05) is 23.6 Å². The van der Waals surface area contributed by atoms with Gasteiger partial charge >= 0.3 is 12.1 Å². The van der Waals surface area contributed by atoms with Crippen molar-refractivity contribution in [3.8, 4) is 0 Å². The summed E-state index contributed by atoms with van der Waals surface area (Å²) in [4.78, 5) is 11.9. The number of hydrogen-bond donors (Lipinski definition) is 1. The van der Waals surface area contributed by atoms with Crippen molar-refractivity contribution in [1.29, 1.82) is 0 Å². The highest BCUT2D eigenvalue weighted by Gasteiger charge is 2.44. The zero-order valence-electron chi connectivity index (χ0n) is 18.3. The van der Waals surface area contributed by atoms with Gasteiger partial charge in [0.2, 0.25) is 0 Å². The molecule has 1 N–H and O–H groups in total. The third-order valence-corrected chi connectivity index (χ3v) is 6.35. The van der Waals surface area contributed by atoms with Gasteiger partial charge in [0.15, 0.2) is 0 Å². The molecule has 4 rings (SSSR count). The van der Waals surface area contributed by atoms with Gasteiger partial charge in [-0.25, -0.2) is 4.39 Å². The van der Waals surface area contributed by atoms with Crippen molar-refractivity contribution >= 4 is 11.7 Å². The van der Waals surface area contributed by atoms with Gasteiger partial charge in [0.25, 0.3) is 0 Å². The predicted molar refractivity (Wildman–Crippen MR) is 115 cm³/mol. The number of halogens is 4. The van der Waals surface area contributed by atoms with E-state index in [0.29, 0.717) is 36.1 Å². The fourth-order valence-corrected chi connectivity index (χ4v) is 4.66. The lowest BCUT2D eigenvalue weighted by Crippen LogP contribution is -2.40. The van der Waals surface area contributed by atoms with Crippen LogP contribution in [0, 0.1) is 11.7 Å². The van der Waals surface area contributed by atoms with Crippen molar-refractivity contribution in [2.45, 2.75) is 63.5 Å². The van der Waals surface area contributed by atoms with E-state index >= 15 is 0 Å². The van der Waals surface area contributed by atoms with Crippen molar-refractivity contribution in [1.82, 2.24) is 0 Å². The van der Waals surface area contributed by atoms with Gasteiger partial charge in [-0.2, -0.15) is 13.2 Å². The summed E-state index contributed by atoms with van der Waals surface area (Å²) in [6.45, 7) is 2.05. The van der Waals surface area contributed by atoms with Crippen LogP contribution in [0.3, 0.4) is 0 Å². The highest BCUT2D eigenvalue weighted by Crippen LogP contribution is 2.51. The minimum Gasteiger partial charge on any atom is -0.463 e. The Kier molecular flexibility index (Phi) is 6.93. The third-order valence-electron chi connectivity index (χ3n) is 6.35. The monoisotopic (exact) mass is 465 g/mol. The predicted octanol–water partition coefficient (Wildman–Crippen LogP) is 6.58. The molecule has 1 saturated heterocycles. The topological polar surface area (TPSA) is 47.6 Å². The molecule has 0 unspecified atom stereocenters. The van der Waals surface area contributed by atoms with Crippen LogP contribution in [-0.2, 0) is 20.4 Å². The fraction of sp³-hybridized carbons (Fsp3) is 0.480. The van der Waals surface area contributed by atoms with E-state index < -0.39 is 23.9 Å².